The molecule has 1 amide bonds. The minimum atomic E-state index is -2.90. The summed E-state index contributed by atoms with van der Waals surface area (Å²) >= 11 is 0. The van der Waals surface area contributed by atoms with Crippen molar-refractivity contribution in [1.82, 2.24) is 4.98 Å². The number of hydrogen-bond acceptors (Lipinski definition) is 2. The second-order valence-electron chi connectivity index (χ2n) is 4.63. The Labute approximate surface area is 124 Å². The third-order valence-electron chi connectivity index (χ3n) is 3.09. The van der Waals surface area contributed by atoms with Crippen LogP contribution in [-0.2, 0) is 0 Å². The number of aromatic amines is 1. The van der Waals surface area contributed by atoms with Crippen molar-refractivity contribution in [3.8, 4) is 5.75 Å². The second-order valence-corrected chi connectivity index (χ2v) is 4.63. The lowest BCUT2D eigenvalue weighted by Gasteiger charge is -2.07. The number of ether oxygens (including phenoxy) is 1. The van der Waals surface area contributed by atoms with E-state index >= 15 is 0 Å². The molecule has 0 saturated heterocycles. The molecule has 112 valence electrons. The monoisotopic (exact) mass is 302 g/mol. The van der Waals surface area contributed by atoms with Crippen LogP contribution in [-0.4, -0.2) is 17.5 Å². The van der Waals surface area contributed by atoms with Crippen LogP contribution < -0.4 is 10.1 Å². The molecule has 0 atom stereocenters. The first-order chi connectivity index (χ1) is 10.6. The van der Waals surface area contributed by atoms with E-state index in [4.69, 9.17) is 0 Å². The number of fused-ring (bicyclic) bond motifs is 1. The summed E-state index contributed by atoms with van der Waals surface area (Å²) in [4.78, 5) is 15.2. The third-order valence-corrected chi connectivity index (χ3v) is 3.09. The van der Waals surface area contributed by atoms with E-state index in [0.717, 1.165) is 10.9 Å². The molecule has 4 nitrogen and oxygen atoms in total. The van der Waals surface area contributed by atoms with Gasteiger partial charge in [0.1, 0.15) is 11.4 Å². The highest BCUT2D eigenvalue weighted by molar-refractivity contribution is 6.05. The minimum absolute atomic E-state index is 0.00977. The fourth-order valence-corrected chi connectivity index (χ4v) is 2.14. The molecule has 3 aromatic rings. The van der Waals surface area contributed by atoms with E-state index in [0.29, 0.717) is 11.4 Å². The quantitative estimate of drug-likeness (QED) is 0.764. The molecule has 2 aromatic carbocycles. The van der Waals surface area contributed by atoms with E-state index in [1.165, 1.54) is 18.2 Å². The molecule has 6 heteroatoms. The molecule has 0 aliphatic carbocycles. The Bertz CT molecular complexity index is 782. The van der Waals surface area contributed by atoms with Crippen LogP contribution in [0.1, 0.15) is 10.5 Å². The van der Waals surface area contributed by atoms with Crippen LogP contribution in [0.15, 0.2) is 54.6 Å². The van der Waals surface area contributed by atoms with Crippen LogP contribution in [0.25, 0.3) is 10.9 Å². The summed E-state index contributed by atoms with van der Waals surface area (Å²) in [6, 6.07) is 15.1. The molecule has 0 unspecified atom stereocenters. The lowest BCUT2D eigenvalue weighted by molar-refractivity contribution is -0.0497. The normalized spacial score (nSPS) is 10.9. The fourth-order valence-electron chi connectivity index (χ4n) is 2.14. The van der Waals surface area contributed by atoms with Gasteiger partial charge in [-0.05, 0) is 24.3 Å². The molecular weight excluding hydrogens is 290 g/mol. The van der Waals surface area contributed by atoms with E-state index in [1.54, 1.807) is 12.1 Å². The summed E-state index contributed by atoms with van der Waals surface area (Å²) < 4.78 is 28.7. The molecule has 1 aromatic heterocycles. The van der Waals surface area contributed by atoms with E-state index in [9.17, 15) is 13.6 Å². The first kappa shape index (κ1) is 14.1. The van der Waals surface area contributed by atoms with Gasteiger partial charge in [-0.1, -0.05) is 24.3 Å². The van der Waals surface area contributed by atoms with Gasteiger partial charge in [0.2, 0.25) is 0 Å². The number of aromatic nitrogens is 1. The van der Waals surface area contributed by atoms with Gasteiger partial charge in [-0.3, -0.25) is 4.79 Å². The summed E-state index contributed by atoms with van der Waals surface area (Å²) in [6.45, 7) is -2.90. The number of benzene rings is 2. The zero-order valence-electron chi connectivity index (χ0n) is 11.3. The van der Waals surface area contributed by atoms with Crippen molar-refractivity contribution in [2.24, 2.45) is 0 Å². The molecule has 0 radical (unpaired) electrons. The van der Waals surface area contributed by atoms with Gasteiger partial charge in [0.25, 0.3) is 5.91 Å². The predicted molar refractivity (Wildman–Crippen MR) is 79.3 cm³/mol. The molecule has 0 bridgehead atoms. The number of anilines is 1. The summed E-state index contributed by atoms with van der Waals surface area (Å²) in [5.74, 6) is -0.366. The first-order valence-corrected chi connectivity index (χ1v) is 6.56. The topological polar surface area (TPSA) is 54.1 Å². The summed E-state index contributed by atoms with van der Waals surface area (Å²) in [7, 11) is 0. The summed E-state index contributed by atoms with van der Waals surface area (Å²) in [5.41, 5.74) is 1.62. The molecule has 0 fully saturated rings. The van der Waals surface area contributed by atoms with Crippen LogP contribution in [0, 0.1) is 0 Å². The van der Waals surface area contributed by atoms with Crippen molar-refractivity contribution in [2.75, 3.05) is 5.32 Å². The highest BCUT2D eigenvalue weighted by Crippen LogP contribution is 2.21. The van der Waals surface area contributed by atoms with E-state index < -0.39 is 6.61 Å². The maximum atomic E-state index is 12.2. The number of alkyl halides is 2. The second kappa shape index (κ2) is 5.85. The Hall–Kier alpha value is -2.89. The van der Waals surface area contributed by atoms with E-state index in [2.05, 4.69) is 15.0 Å². The maximum Gasteiger partial charge on any atom is 0.387 e. The Morgan fingerprint density at radius 3 is 2.68 bits per heavy atom. The lowest BCUT2D eigenvalue weighted by Crippen LogP contribution is -2.12. The molecule has 0 aliphatic heterocycles. The number of halogens is 2. The van der Waals surface area contributed by atoms with Crippen LogP contribution in [0.2, 0.25) is 0 Å². The molecule has 0 saturated carbocycles. The molecule has 22 heavy (non-hydrogen) atoms. The highest BCUT2D eigenvalue weighted by atomic mass is 19.3. The van der Waals surface area contributed by atoms with Gasteiger partial charge in [-0.2, -0.15) is 8.78 Å². The fraction of sp³-hybridized carbons (Fsp3) is 0.0625. The largest absolute Gasteiger partial charge is 0.435 e. The Kier molecular flexibility index (Phi) is 3.74. The van der Waals surface area contributed by atoms with Gasteiger partial charge in [0.15, 0.2) is 0 Å². The molecule has 2 N–H and O–H groups in total. The molecule has 0 spiro atoms. The van der Waals surface area contributed by atoms with Crippen molar-refractivity contribution in [3.05, 3.63) is 60.3 Å². The zero-order chi connectivity index (χ0) is 15.5. The highest BCUT2D eigenvalue weighted by Gasteiger charge is 2.11. The number of amides is 1. The maximum absolute atomic E-state index is 12.2. The Balaban J connectivity index is 1.78. The minimum Gasteiger partial charge on any atom is -0.435 e. The van der Waals surface area contributed by atoms with E-state index in [-0.39, 0.29) is 11.7 Å². The van der Waals surface area contributed by atoms with Crippen molar-refractivity contribution in [3.63, 3.8) is 0 Å². The van der Waals surface area contributed by atoms with Gasteiger partial charge in [-0.25, -0.2) is 0 Å². The van der Waals surface area contributed by atoms with Crippen LogP contribution in [0.5, 0.6) is 5.75 Å². The number of carbonyl (C=O) groups excluding carboxylic acids is 1. The van der Waals surface area contributed by atoms with Gasteiger partial charge in [0.05, 0.1) is 0 Å². The average Bonchev–Trinajstić information content (AvgIpc) is 2.91. The van der Waals surface area contributed by atoms with Crippen LogP contribution in [0.3, 0.4) is 0 Å². The number of nitrogens with one attached hydrogen (secondary N) is 2. The zero-order valence-corrected chi connectivity index (χ0v) is 11.3. The van der Waals surface area contributed by atoms with Gasteiger partial charge in [0, 0.05) is 22.7 Å². The Morgan fingerprint density at radius 2 is 1.91 bits per heavy atom. The van der Waals surface area contributed by atoms with Gasteiger partial charge >= 0.3 is 6.61 Å². The number of rotatable bonds is 4. The average molecular weight is 302 g/mol. The lowest BCUT2D eigenvalue weighted by atomic mass is 10.2. The smallest absolute Gasteiger partial charge is 0.387 e. The SMILES string of the molecule is O=C(Nc1cccc(OC(F)F)c1)c1cc2ccccc2[nH]1. The standard InChI is InChI=1S/C16H12F2N2O2/c17-16(18)22-12-6-3-5-11(9-12)19-15(21)14-8-10-4-1-2-7-13(10)20-14/h1-9,16,20H,(H,19,21). The molecule has 1 heterocycles. The summed E-state index contributed by atoms with van der Waals surface area (Å²) in [5, 5.41) is 3.56. The van der Waals surface area contributed by atoms with Crippen molar-refractivity contribution in [1.29, 1.82) is 0 Å². The predicted octanol–water partition coefficient (Wildman–Crippen LogP) is 4.02. The molecule has 3 rings (SSSR count). The van der Waals surface area contributed by atoms with Crippen molar-refractivity contribution < 1.29 is 18.3 Å². The molecule has 0 aliphatic rings. The third kappa shape index (κ3) is 3.06. The number of H-pyrrole nitrogens is 1. The van der Waals surface area contributed by atoms with Crippen LogP contribution >= 0.6 is 0 Å². The number of hydrogen-bond donors (Lipinski definition) is 2. The van der Waals surface area contributed by atoms with Crippen molar-refractivity contribution in [2.45, 2.75) is 6.61 Å². The van der Waals surface area contributed by atoms with Gasteiger partial charge in [-0.15, -0.1) is 0 Å². The number of para-hydroxylation sites is 1. The number of carbonyl (C=O) groups is 1. The van der Waals surface area contributed by atoms with Gasteiger partial charge < -0.3 is 15.0 Å². The summed E-state index contributed by atoms with van der Waals surface area (Å²) in [6.07, 6.45) is 0. The Morgan fingerprint density at radius 1 is 1.09 bits per heavy atom. The first-order valence-electron chi connectivity index (χ1n) is 6.56. The molecular formula is C16H12F2N2O2. The van der Waals surface area contributed by atoms with Crippen LogP contribution in [0.4, 0.5) is 14.5 Å². The van der Waals surface area contributed by atoms with E-state index in [1.807, 2.05) is 24.3 Å². The van der Waals surface area contributed by atoms with Crippen molar-refractivity contribution >= 4 is 22.5 Å².